The molecule has 1 atom stereocenters. The van der Waals surface area contributed by atoms with Crippen LogP contribution in [0.4, 0.5) is 4.39 Å². The predicted octanol–water partition coefficient (Wildman–Crippen LogP) is 3.21. The van der Waals surface area contributed by atoms with Gasteiger partial charge in [0.15, 0.2) is 11.6 Å². The number of halogens is 1. The van der Waals surface area contributed by atoms with Gasteiger partial charge < -0.3 is 10.1 Å². The monoisotopic (exact) mass is 235 g/mol. The van der Waals surface area contributed by atoms with Gasteiger partial charge in [0.05, 0.1) is 13.2 Å². The molecule has 0 fully saturated rings. The Morgan fingerprint density at radius 3 is 2.76 bits per heavy atom. The highest BCUT2D eigenvalue weighted by molar-refractivity contribution is 5.35. The van der Waals surface area contributed by atoms with Crippen molar-refractivity contribution in [2.75, 3.05) is 14.2 Å². The highest BCUT2D eigenvalue weighted by Crippen LogP contribution is 2.32. The number of ether oxygens (including phenoxy) is 1. The largest absolute Gasteiger partial charge is 0.494 e. The Morgan fingerprint density at radius 2 is 2.24 bits per heavy atom. The highest BCUT2D eigenvalue weighted by Gasteiger charge is 2.18. The molecule has 0 heterocycles. The smallest absolute Gasteiger partial charge is 0.165 e. The van der Waals surface area contributed by atoms with E-state index in [-0.39, 0.29) is 11.9 Å². The molecular weight excluding hydrogens is 217 g/mol. The Labute approximate surface area is 101 Å². The fraction of sp³-hybridized carbons (Fsp3) is 0.429. The first-order valence-corrected chi connectivity index (χ1v) is 5.96. The quantitative estimate of drug-likeness (QED) is 0.809. The summed E-state index contributed by atoms with van der Waals surface area (Å²) >= 11 is 0. The molecule has 0 spiro atoms. The van der Waals surface area contributed by atoms with E-state index in [2.05, 4.69) is 11.4 Å². The lowest BCUT2D eigenvalue weighted by Gasteiger charge is -2.18. The van der Waals surface area contributed by atoms with Gasteiger partial charge in [0, 0.05) is 0 Å². The van der Waals surface area contributed by atoms with E-state index in [1.54, 1.807) is 12.1 Å². The third-order valence-corrected chi connectivity index (χ3v) is 3.24. The van der Waals surface area contributed by atoms with E-state index in [4.69, 9.17) is 4.74 Å². The third kappa shape index (κ3) is 2.50. The maximum Gasteiger partial charge on any atom is 0.165 e. The summed E-state index contributed by atoms with van der Waals surface area (Å²) in [5, 5.41) is 3.25. The van der Waals surface area contributed by atoms with E-state index < -0.39 is 0 Å². The van der Waals surface area contributed by atoms with Gasteiger partial charge >= 0.3 is 0 Å². The van der Waals surface area contributed by atoms with E-state index in [1.807, 2.05) is 13.1 Å². The molecule has 1 aromatic carbocycles. The van der Waals surface area contributed by atoms with Crippen LogP contribution in [0.5, 0.6) is 5.75 Å². The lowest BCUT2D eigenvalue weighted by Crippen LogP contribution is -2.18. The van der Waals surface area contributed by atoms with Gasteiger partial charge in [-0.25, -0.2) is 4.39 Å². The molecular formula is C14H18FNO. The fourth-order valence-corrected chi connectivity index (χ4v) is 2.39. The number of hydrogen-bond acceptors (Lipinski definition) is 2. The lowest BCUT2D eigenvalue weighted by atomic mass is 9.98. The molecule has 17 heavy (non-hydrogen) atoms. The minimum Gasteiger partial charge on any atom is -0.494 e. The Hall–Kier alpha value is -1.35. The number of hydrogen-bond donors (Lipinski definition) is 1. The summed E-state index contributed by atoms with van der Waals surface area (Å²) < 4.78 is 18.6. The number of methoxy groups -OCH3 is 1. The van der Waals surface area contributed by atoms with E-state index in [0.29, 0.717) is 5.75 Å². The van der Waals surface area contributed by atoms with Gasteiger partial charge in [0.2, 0.25) is 0 Å². The fourth-order valence-electron chi connectivity index (χ4n) is 2.39. The van der Waals surface area contributed by atoms with Gasteiger partial charge in [-0.3, -0.25) is 0 Å². The molecule has 0 saturated carbocycles. The van der Waals surface area contributed by atoms with E-state index in [0.717, 1.165) is 18.4 Å². The van der Waals surface area contributed by atoms with Crippen LogP contribution in [-0.2, 0) is 0 Å². The van der Waals surface area contributed by atoms with Crippen LogP contribution in [0.1, 0.15) is 30.9 Å². The molecule has 1 N–H and O–H groups in total. The minimum atomic E-state index is -0.302. The van der Waals surface area contributed by atoms with Crippen LogP contribution in [0.25, 0.3) is 0 Å². The number of benzene rings is 1. The molecule has 0 bridgehead atoms. The molecule has 2 rings (SSSR count). The SMILES string of the molecule is CNC(C1=CCCC1)c1ccc(OC)c(F)c1. The summed E-state index contributed by atoms with van der Waals surface area (Å²) in [7, 11) is 3.39. The zero-order chi connectivity index (χ0) is 12.3. The molecule has 0 aromatic heterocycles. The predicted molar refractivity (Wildman–Crippen MR) is 66.7 cm³/mol. The van der Waals surface area contributed by atoms with Gasteiger partial charge in [-0.2, -0.15) is 0 Å². The van der Waals surface area contributed by atoms with Gasteiger partial charge in [-0.1, -0.05) is 17.7 Å². The zero-order valence-corrected chi connectivity index (χ0v) is 10.3. The summed E-state index contributed by atoms with van der Waals surface area (Å²) in [6, 6.07) is 5.28. The Balaban J connectivity index is 2.28. The van der Waals surface area contributed by atoms with Crippen molar-refractivity contribution in [3.63, 3.8) is 0 Å². The van der Waals surface area contributed by atoms with Crippen molar-refractivity contribution in [2.45, 2.75) is 25.3 Å². The molecule has 0 saturated heterocycles. The van der Waals surface area contributed by atoms with Crippen molar-refractivity contribution in [1.29, 1.82) is 0 Å². The second kappa shape index (κ2) is 5.32. The van der Waals surface area contributed by atoms with Crippen LogP contribution in [0.15, 0.2) is 29.8 Å². The maximum absolute atomic E-state index is 13.7. The molecule has 2 nitrogen and oxygen atoms in total. The first kappa shape index (κ1) is 12.1. The molecule has 1 aliphatic carbocycles. The molecule has 1 aromatic rings. The van der Waals surface area contributed by atoms with Gasteiger partial charge in [0.1, 0.15) is 0 Å². The van der Waals surface area contributed by atoms with Crippen LogP contribution in [-0.4, -0.2) is 14.2 Å². The Morgan fingerprint density at radius 1 is 1.41 bits per heavy atom. The van der Waals surface area contributed by atoms with Crippen LogP contribution in [0.2, 0.25) is 0 Å². The van der Waals surface area contributed by atoms with Crippen molar-refractivity contribution in [3.8, 4) is 5.75 Å². The molecule has 0 aliphatic heterocycles. The van der Waals surface area contributed by atoms with Crippen molar-refractivity contribution in [2.24, 2.45) is 0 Å². The van der Waals surface area contributed by atoms with Crippen LogP contribution >= 0.6 is 0 Å². The summed E-state index contributed by atoms with van der Waals surface area (Å²) in [6.45, 7) is 0. The van der Waals surface area contributed by atoms with E-state index in [9.17, 15) is 4.39 Å². The minimum absolute atomic E-state index is 0.123. The van der Waals surface area contributed by atoms with Gasteiger partial charge in [-0.05, 0) is 44.0 Å². The van der Waals surface area contributed by atoms with Crippen LogP contribution < -0.4 is 10.1 Å². The normalized spacial score (nSPS) is 16.8. The Kier molecular flexibility index (Phi) is 3.79. The van der Waals surface area contributed by atoms with Gasteiger partial charge in [-0.15, -0.1) is 0 Å². The highest BCUT2D eigenvalue weighted by atomic mass is 19.1. The van der Waals surface area contributed by atoms with Crippen molar-refractivity contribution >= 4 is 0 Å². The van der Waals surface area contributed by atoms with Crippen molar-refractivity contribution in [1.82, 2.24) is 5.32 Å². The zero-order valence-electron chi connectivity index (χ0n) is 10.3. The number of rotatable bonds is 4. The summed E-state index contributed by atoms with van der Waals surface area (Å²) in [4.78, 5) is 0. The van der Waals surface area contributed by atoms with Crippen molar-refractivity contribution < 1.29 is 9.13 Å². The van der Waals surface area contributed by atoms with Crippen molar-refractivity contribution in [3.05, 3.63) is 41.2 Å². The number of nitrogens with one attached hydrogen (secondary N) is 1. The second-order valence-electron chi connectivity index (χ2n) is 4.29. The first-order valence-electron chi connectivity index (χ1n) is 5.96. The van der Waals surface area contributed by atoms with Crippen LogP contribution in [0, 0.1) is 5.82 Å². The third-order valence-electron chi connectivity index (χ3n) is 3.24. The number of likely N-dealkylation sites (N-methyl/N-ethyl adjacent to an activating group) is 1. The van der Waals surface area contributed by atoms with E-state index in [1.165, 1.54) is 19.1 Å². The standard InChI is InChI=1S/C14H18FNO/c1-16-14(10-5-3-4-6-10)11-7-8-13(17-2)12(15)9-11/h5,7-9,14,16H,3-4,6H2,1-2H3. The average molecular weight is 235 g/mol. The molecule has 1 unspecified atom stereocenters. The molecule has 3 heteroatoms. The molecule has 0 amide bonds. The van der Waals surface area contributed by atoms with E-state index >= 15 is 0 Å². The number of allylic oxidation sites excluding steroid dienone is 1. The summed E-state index contributed by atoms with van der Waals surface area (Å²) in [5.74, 6) is -0.00662. The molecule has 1 aliphatic rings. The first-order chi connectivity index (χ1) is 8.26. The van der Waals surface area contributed by atoms with Gasteiger partial charge in [0.25, 0.3) is 0 Å². The average Bonchev–Trinajstić information content (AvgIpc) is 2.84. The summed E-state index contributed by atoms with van der Waals surface area (Å²) in [6.07, 6.45) is 5.68. The molecule has 92 valence electrons. The summed E-state index contributed by atoms with van der Waals surface area (Å²) in [5.41, 5.74) is 2.32. The second-order valence-corrected chi connectivity index (χ2v) is 4.29. The Bertz CT molecular complexity index is 428. The maximum atomic E-state index is 13.7. The lowest BCUT2D eigenvalue weighted by molar-refractivity contribution is 0.386. The van der Waals surface area contributed by atoms with Crippen LogP contribution in [0.3, 0.4) is 0 Å². The molecule has 0 radical (unpaired) electrons. The topological polar surface area (TPSA) is 21.3 Å².